The van der Waals surface area contributed by atoms with Gasteiger partial charge in [0.15, 0.2) is 6.61 Å². The maximum atomic E-state index is 12.1. The predicted molar refractivity (Wildman–Crippen MR) is 94.9 cm³/mol. The lowest BCUT2D eigenvalue weighted by atomic mass is 10.1. The van der Waals surface area contributed by atoms with Gasteiger partial charge in [-0.05, 0) is 37.6 Å². The smallest absolute Gasteiger partial charge is 0.378 e. The van der Waals surface area contributed by atoms with Crippen molar-refractivity contribution in [3.05, 3.63) is 53.1 Å². The molecule has 1 amide bonds. The average Bonchev–Trinajstić information content (AvgIpc) is 3.06. The van der Waals surface area contributed by atoms with E-state index >= 15 is 0 Å². The Morgan fingerprint density at radius 3 is 2.67 bits per heavy atom. The molecule has 3 aromatic rings. The van der Waals surface area contributed by atoms with Crippen LogP contribution in [-0.2, 0) is 16.0 Å². The fraction of sp³-hybridized carbons (Fsp3) is 0.222. The molecule has 0 saturated heterocycles. The molecule has 3 rings (SSSR count). The van der Waals surface area contributed by atoms with Gasteiger partial charge in [0.2, 0.25) is 0 Å². The standard InChI is InChI=1S/C18H16N6O3/c1-11-9-12(2)24-18(20-11)22-16(23-24)17(26)27-10-15(25)21-14-5-3-13(4-6-14)7-8-19/h3-6,9H,7,10H2,1-2H3,(H,21,25). The first-order valence-electron chi connectivity index (χ1n) is 8.10. The molecule has 1 aromatic carbocycles. The summed E-state index contributed by atoms with van der Waals surface area (Å²) in [6, 6.07) is 10.7. The number of amides is 1. The number of aryl methyl sites for hydroxylation is 2. The van der Waals surface area contributed by atoms with Crippen molar-refractivity contribution in [3.8, 4) is 6.07 Å². The van der Waals surface area contributed by atoms with E-state index in [9.17, 15) is 9.59 Å². The van der Waals surface area contributed by atoms with Crippen LogP contribution in [0.2, 0.25) is 0 Å². The molecule has 27 heavy (non-hydrogen) atoms. The Morgan fingerprint density at radius 1 is 1.22 bits per heavy atom. The van der Waals surface area contributed by atoms with Gasteiger partial charge in [-0.2, -0.15) is 10.2 Å². The zero-order valence-electron chi connectivity index (χ0n) is 14.8. The summed E-state index contributed by atoms with van der Waals surface area (Å²) in [5.74, 6) is -1.17. The molecule has 0 unspecified atom stereocenters. The van der Waals surface area contributed by atoms with Crippen molar-refractivity contribution in [3.63, 3.8) is 0 Å². The summed E-state index contributed by atoms with van der Waals surface area (Å²) in [5.41, 5.74) is 2.92. The zero-order valence-corrected chi connectivity index (χ0v) is 14.8. The number of nitrogens with one attached hydrogen (secondary N) is 1. The predicted octanol–water partition coefficient (Wildman–Crippen LogP) is 1.60. The number of fused-ring (bicyclic) bond motifs is 1. The van der Waals surface area contributed by atoms with Crippen LogP contribution in [0.15, 0.2) is 30.3 Å². The molecule has 9 heteroatoms. The first kappa shape index (κ1) is 18.0. The van der Waals surface area contributed by atoms with E-state index in [1.807, 2.05) is 26.0 Å². The van der Waals surface area contributed by atoms with E-state index in [1.54, 1.807) is 24.3 Å². The van der Waals surface area contributed by atoms with E-state index in [-0.39, 0.29) is 5.82 Å². The summed E-state index contributed by atoms with van der Waals surface area (Å²) in [5, 5.41) is 15.3. The van der Waals surface area contributed by atoms with Crippen LogP contribution in [0, 0.1) is 25.2 Å². The van der Waals surface area contributed by atoms with Crippen molar-refractivity contribution in [1.82, 2.24) is 19.6 Å². The highest BCUT2D eigenvalue weighted by Crippen LogP contribution is 2.10. The number of nitrogens with zero attached hydrogens (tertiary/aromatic N) is 5. The third-order valence-electron chi connectivity index (χ3n) is 3.66. The molecule has 2 aromatic heterocycles. The van der Waals surface area contributed by atoms with Gasteiger partial charge in [0, 0.05) is 17.1 Å². The topological polar surface area (TPSA) is 122 Å². The van der Waals surface area contributed by atoms with Gasteiger partial charge in [-0.3, -0.25) is 4.79 Å². The normalized spacial score (nSPS) is 10.4. The van der Waals surface area contributed by atoms with Gasteiger partial charge >= 0.3 is 5.97 Å². The minimum atomic E-state index is -0.808. The van der Waals surface area contributed by atoms with Crippen LogP contribution in [0.4, 0.5) is 5.69 Å². The van der Waals surface area contributed by atoms with Gasteiger partial charge in [-0.1, -0.05) is 12.1 Å². The van der Waals surface area contributed by atoms with Crippen molar-refractivity contribution in [2.45, 2.75) is 20.3 Å². The Bertz CT molecular complexity index is 1050. The molecule has 0 aliphatic heterocycles. The second-order valence-corrected chi connectivity index (χ2v) is 5.84. The molecule has 136 valence electrons. The Morgan fingerprint density at radius 2 is 1.96 bits per heavy atom. The number of carbonyl (C=O) groups is 2. The Kier molecular flexibility index (Phi) is 5.08. The Hall–Kier alpha value is -3.80. The zero-order chi connectivity index (χ0) is 19.4. The fourth-order valence-corrected chi connectivity index (χ4v) is 2.44. The quantitative estimate of drug-likeness (QED) is 0.682. The van der Waals surface area contributed by atoms with Gasteiger partial charge in [0.05, 0.1) is 12.5 Å². The number of benzene rings is 1. The first-order chi connectivity index (χ1) is 13.0. The van der Waals surface area contributed by atoms with Gasteiger partial charge in [-0.15, -0.1) is 5.10 Å². The number of rotatable bonds is 5. The molecule has 0 saturated carbocycles. The molecule has 1 N–H and O–H groups in total. The summed E-state index contributed by atoms with van der Waals surface area (Å²) in [6.07, 6.45) is 0.297. The number of aromatic nitrogens is 4. The minimum absolute atomic E-state index is 0.162. The van der Waals surface area contributed by atoms with Crippen LogP contribution in [0.1, 0.15) is 27.6 Å². The molecule has 9 nitrogen and oxygen atoms in total. The van der Waals surface area contributed by atoms with Crippen LogP contribution < -0.4 is 5.32 Å². The van der Waals surface area contributed by atoms with Gasteiger partial charge in [0.1, 0.15) is 0 Å². The number of hydrogen-bond donors (Lipinski definition) is 1. The maximum Gasteiger partial charge on any atom is 0.378 e. The number of hydrogen-bond acceptors (Lipinski definition) is 7. The fourth-order valence-electron chi connectivity index (χ4n) is 2.44. The van der Waals surface area contributed by atoms with Crippen molar-refractivity contribution in [2.75, 3.05) is 11.9 Å². The van der Waals surface area contributed by atoms with Crippen LogP contribution in [0.3, 0.4) is 0 Å². The Balaban J connectivity index is 1.59. The average molecular weight is 364 g/mol. The SMILES string of the molecule is Cc1cc(C)n2nc(C(=O)OCC(=O)Nc3ccc(CC#N)cc3)nc2n1. The second kappa shape index (κ2) is 7.61. The van der Waals surface area contributed by atoms with E-state index in [0.717, 1.165) is 17.0 Å². The van der Waals surface area contributed by atoms with Crippen molar-refractivity contribution >= 4 is 23.3 Å². The number of anilines is 1. The van der Waals surface area contributed by atoms with Gasteiger partial charge in [-0.25, -0.2) is 14.3 Å². The van der Waals surface area contributed by atoms with Crippen LogP contribution in [0.5, 0.6) is 0 Å². The van der Waals surface area contributed by atoms with E-state index in [2.05, 4.69) is 20.4 Å². The van der Waals surface area contributed by atoms with Crippen LogP contribution in [0.25, 0.3) is 5.78 Å². The number of esters is 1. The summed E-state index contributed by atoms with van der Waals surface area (Å²) >= 11 is 0. The molecule has 0 radical (unpaired) electrons. The summed E-state index contributed by atoms with van der Waals surface area (Å²) < 4.78 is 6.40. The van der Waals surface area contributed by atoms with E-state index in [1.165, 1.54) is 4.52 Å². The van der Waals surface area contributed by atoms with Crippen molar-refractivity contribution in [2.24, 2.45) is 0 Å². The maximum absolute atomic E-state index is 12.1. The van der Waals surface area contributed by atoms with Crippen molar-refractivity contribution < 1.29 is 14.3 Å². The monoisotopic (exact) mass is 364 g/mol. The molecular formula is C18H16N6O3. The first-order valence-corrected chi connectivity index (χ1v) is 8.10. The van der Waals surface area contributed by atoms with Crippen LogP contribution >= 0.6 is 0 Å². The largest absolute Gasteiger partial charge is 0.450 e. The summed E-state index contributed by atoms with van der Waals surface area (Å²) in [7, 11) is 0. The molecule has 2 heterocycles. The number of ether oxygens (including phenoxy) is 1. The number of carbonyl (C=O) groups excluding carboxylic acids is 2. The molecular weight excluding hydrogens is 348 g/mol. The summed E-state index contributed by atoms with van der Waals surface area (Å²) in [6.45, 7) is 3.16. The summed E-state index contributed by atoms with van der Waals surface area (Å²) in [4.78, 5) is 32.2. The third kappa shape index (κ3) is 4.24. The van der Waals surface area contributed by atoms with Gasteiger partial charge in [0.25, 0.3) is 17.5 Å². The van der Waals surface area contributed by atoms with Crippen molar-refractivity contribution in [1.29, 1.82) is 5.26 Å². The van der Waals surface area contributed by atoms with E-state index in [4.69, 9.17) is 10.00 Å². The highest BCUT2D eigenvalue weighted by atomic mass is 16.5. The lowest BCUT2D eigenvalue weighted by Crippen LogP contribution is -2.21. The molecule has 0 aliphatic carbocycles. The van der Waals surface area contributed by atoms with Crippen LogP contribution in [-0.4, -0.2) is 38.1 Å². The third-order valence-corrected chi connectivity index (χ3v) is 3.66. The molecule has 0 spiro atoms. The second-order valence-electron chi connectivity index (χ2n) is 5.84. The Labute approximate surface area is 154 Å². The molecule has 0 fully saturated rings. The minimum Gasteiger partial charge on any atom is -0.450 e. The van der Waals surface area contributed by atoms with Gasteiger partial charge < -0.3 is 10.1 Å². The van der Waals surface area contributed by atoms with E-state index < -0.39 is 18.5 Å². The van der Waals surface area contributed by atoms with E-state index in [0.29, 0.717) is 17.9 Å². The molecule has 0 atom stereocenters. The number of nitriles is 1. The highest BCUT2D eigenvalue weighted by molar-refractivity contribution is 5.94. The lowest BCUT2D eigenvalue weighted by Gasteiger charge is -2.06. The highest BCUT2D eigenvalue weighted by Gasteiger charge is 2.17. The molecule has 0 aliphatic rings. The lowest BCUT2D eigenvalue weighted by molar-refractivity contribution is -0.119. The molecule has 0 bridgehead atoms.